The van der Waals surface area contributed by atoms with E-state index in [1.165, 1.54) is 29.2 Å². The summed E-state index contributed by atoms with van der Waals surface area (Å²) in [5.41, 5.74) is 2.77. The maximum Gasteiger partial charge on any atom is 0.264 e. The number of amides is 2. The first-order valence-corrected chi connectivity index (χ1v) is 18.4. The number of para-hydroxylation sites is 1. The molecule has 7 nitrogen and oxygen atoms in total. The summed E-state index contributed by atoms with van der Waals surface area (Å²) in [6, 6.07) is 29.3. The number of benzene rings is 4. The molecule has 0 bridgehead atoms. The van der Waals surface area contributed by atoms with E-state index in [2.05, 4.69) is 21.2 Å². The van der Waals surface area contributed by atoms with Crippen molar-refractivity contribution in [1.29, 1.82) is 0 Å². The molecule has 0 unspecified atom stereocenters. The van der Waals surface area contributed by atoms with Gasteiger partial charge in [-0.15, -0.1) is 0 Å². The summed E-state index contributed by atoms with van der Waals surface area (Å²) in [6.45, 7) is 1.40. The minimum atomic E-state index is -4.21. The smallest absolute Gasteiger partial charge is 0.264 e. The van der Waals surface area contributed by atoms with E-state index in [1.54, 1.807) is 25.1 Å². The number of hydrogen-bond acceptors (Lipinski definition) is 4. The van der Waals surface area contributed by atoms with Gasteiger partial charge in [0.15, 0.2) is 0 Å². The van der Waals surface area contributed by atoms with E-state index in [0.717, 1.165) is 52.0 Å². The summed E-state index contributed by atoms with van der Waals surface area (Å²) in [7, 11) is -4.21. The van der Waals surface area contributed by atoms with Crippen LogP contribution in [0, 0.1) is 6.92 Å². The van der Waals surface area contributed by atoms with Crippen molar-refractivity contribution in [3.05, 3.63) is 129 Å². The summed E-state index contributed by atoms with van der Waals surface area (Å²) in [5.74, 6) is -0.738. The van der Waals surface area contributed by atoms with Gasteiger partial charge in [-0.2, -0.15) is 0 Å². The third kappa shape index (κ3) is 9.03. The van der Waals surface area contributed by atoms with Crippen LogP contribution in [0.2, 0.25) is 5.02 Å². The minimum Gasteiger partial charge on any atom is -0.352 e. The highest BCUT2D eigenvalue weighted by Gasteiger charge is 2.35. The van der Waals surface area contributed by atoms with Crippen LogP contribution in [0.1, 0.15) is 48.8 Å². The molecule has 0 aromatic heterocycles. The highest BCUT2D eigenvalue weighted by atomic mass is 79.9. The molecule has 0 aliphatic heterocycles. The fraction of sp³-hybridized carbons (Fsp3) is 0.297. The van der Waals surface area contributed by atoms with Crippen LogP contribution in [0.15, 0.2) is 112 Å². The fourth-order valence-corrected chi connectivity index (χ4v) is 8.07. The molecule has 246 valence electrons. The summed E-state index contributed by atoms with van der Waals surface area (Å²) < 4.78 is 30.5. The molecule has 4 aromatic carbocycles. The second-order valence-electron chi connectivity index (χ2n) is 12.0. The third-order valence-corrected chi connectivity index (χ3v) is 11.0. The van der Waals surface area contributed by atoms with Gasteiger partial charge in [-0.3, -0.25) is 13.9 Å². The number of carbonyl (C=O) groups is 2. The highest BCUT2D eigenvalue weighted by Crippen LogP contribution is 2.29. The van der Waals surface area contributed by atoms with Gasteiger partial charge in [0.2, 0.25) is 11.8 Å². The van der Waals surface area contributed by atoms with Crippen LogP contribution in [0.5, 0.6) is 0 Å². The first kappa shape index (κ1) is 34.7. The average Bonchev–Trinajstić information content (AvgIpc) is 3.06. The van der Waals surface area contributed by atoms with Crippen molar-refractivity contribution < 1.29 is 18.0 Å². The number of nitrogens with zero attached hydrogens (tertiary/aromatic N) is 2. The van der Waals surface area contributed by atoms with Crippen molar-refractivity contribution in [1.82, 2.24) is 10.2 Å². The van der Waals surface area contributed by atoms with Gasteiger partial charge in [0.25, 0.3) is 10.0 Å². The van der Waals surface area contributed by atoms with E-state index in [9.17, 15) is 18.0 Å². The van der Waals surface area contributed by atoms with Crippen LogP contribution in [-0.4, -0.2) is 43.8 Å². The normalized spacial score (nSPS) is 14.3. The van der Waals surface area contributed by atoms with E-state index in [1.807, 2.05) is 60.7 Å². The van der Waals surface area contributed by atoms with Crippen molar-refractivity contribution in [2.75, 3.05) is 10.8 Å². The van der Waals surface area contributed by atoms with E-state index in [4.69, 9.17) is 11.6 Å². The number of anilines is 1. The van der Waals surface area contributed by atoms with Gasteiger partial charge in [-0.1, -0.05) is 107 Å². The van der Waals surface area contributed by atoms with E-state index in [-0.39, 0.29) is 29.8 Å². The second-order valence-corrected chi connectivity index (χ2v) is 15.2. The Bertz CT molecular complexity index is 1780. The molecule has 0 heterocycles. The van der Waals surface area contributed by atoms with Crippen LogP contribution in [-0.2, 0) is 32.6 Å². The lowest BCUT2D eigenvalue weighted by atomic mass is 9.94. The monoisotopic (exact) mass is 735 g/mol. The molecule has 1 aliphatic carbocycles. The number of aryl methyl sites for hydroxylation is 1. The van der Waals surface area contributed by atoms with Crippen LogP contribution < -0.4 is 9.62 Å². The molecule has 10 heteroatoms. The largest absolute Gasteiger partial charge is 0.352 e. The Balaban J connectivity index is 1.57. The Hall–Kier alpha value is -3.66. The van der Waals surface area contributed by atoms with Gasteiger partial charge in [-0.05, 0) is 78.9 Å². The zero-order chi connectivity index (χ0) is 33.4. The highest BCUT2D eigenvalue weighted by molar-refractivity contribution is 9.10. The summed E-state index contributed by atoms with van der Waals surface area (Å²) in [5, 5.41) is 3.64. The lowest BCUT2D eigenvalue weighted by Gasteiger charge is -2.35. The van der Waals surface area contributed by atoms with Crippen molar-refractivity contribution in [2.24, 2.45) is 0 Å². The number of halogens is 2. The molecule has 1 N–H and O–H groups in total. The van der Waals surface area contributed by atoms with E-state index in [0.29, 0.717) is 16.3 Å². The minimum absolute atomic E-state index is 0.00682. The van der Waals surface area contributed by atoms with Crippen LogP contribution in [0.4, 0.5) is 5.69 Å². The summed E-state index contributed by atoms with van der Waals surface area (Å²) in [4.78, 5) is 30.5. The number of sulfonamides is 1. The maximum atomic E-state index is 14.7. The quantitative estimate of drug-likeness (QED) is 0.162. The molecular formula is C37H39BrClN3O4S. The van der Waals surface area contributed by atoms with Gasteiger partial charge in [0.05, 0.1) is 10.6 Å². The van der Waals surface area contributed by atoms with E-state index < -0.39 is 28.5 Å². The molecule has 47 heavy (non-hydrogen) atoms. The zero-order valence-electron chi connectivity index (χ0n) is 26.3. The van der Waals surface area contributed by atoms with Crippen LogP contribution in [0.25, 0.3) is 0 Å². The Morgan fingerprint density at radius 1 is 0.872 bits per heavy atom. The molecule has 1 saturated carbocycles. The van der Waals surface area contributed by atoms with Crippen molar-refractivity contribution in [3.8, 4) is 0 Å². The molecule has 1 atom stereocenters. The van der Waals surface area contributed by atoms with Gasteiger partial charge in [-0.25, -0.2) is 8.42 Å². The van der Waals surface area contributed by atoms with Crippen LogP contribution >= 0.6 is 27.5 Å². The van der Waals surface area contributed by atoms with Crippen molar-refractivity contribution in [3.63, 3.8) is 0 Å². The molecule has 0 spiro atoms. The molecule has 0 saturated heterocycles. The first-order valence-electron chi connectivity index (χ1n) is 15.8. The molecule has 2 amide bonds. The van der Waals surface area contributed by atoms with Gasteiger partial charge < -0.3 is 10.2 Å². The Labute approximate surface area is 291 Å². The lowest BCUT2D eigenvalue weighted by molar-refractivity contribution is -0.140. The van der Waals surface area contributed by atoms with Gasteiger partial charge in [0.1, 0.15) is 12.6 Å². The molecular weight excluding hydrogens is 698 g/mol. The summed E-state index contributed by atoms with van der Waals surface area (Å²) in [6.07, 6.45) is 5.29. The average molecular weight is 737 g/mol. The molecule has 1 aliphatic rings. The topological polar surface area (TPSA) is 86.8 Å². The van der Waals surface area contributed by atoms with Gasteiger partial charge >= 0.3 is 0 Å². The molecule has 4 aromatic rings. The fourth-order valence-electron chi connectivity index (χ4n) is 6.02. The van der Waals surface area contributed by atoms with E-state index >= 15 is 0 Å². The Morgan fingerprint density at radius 3 is 2.21 bits per heavy atom. The molecule has 1 fully saturated rings. The zero-order valence-corrected chi connectivity index (χ0v) is 29.5. The lowest BCUT2D eigenvalue weighted by Crippen LogP contribution is -2.55. The standard InChI is InChI=1S/C37H39BrClN3O4S/c1-27-11-8-9-18-34(27)42(47(45,46)33-21-19-31(39)20-22-33)26-36(43)41(25-29-14-10-15-30(38)23-29)35(24-28-12-4-2-5-13-28)37(44)40-32-16-6-3-7-17-32/h2,4-5,8-15,18-23,32,35H,3,6-7,16-17,24-26H2,1H3,(H,40,44)/t35-/m0/s1. The first-order chi connectivity index (χ1) is 22.6. The predicted molar refractivity (Wildman–Crippen MR) is 191 cm³/mol. The maximum absolute atomic E-state index is 14.7. The SMILES string of the molecule is Cc1ccccc1N(CC(=O)N(Cc1cccc(Br)c1)[C@@H](Cc1ccccc1)C(=O)NC1CCCCC1)S(=O)(=O)c1ccc(Cl)cc1. The number of nitrogens with one attached hydrogen (secondary N) is 1. The second kappa shape index (κ2) is 16.0. The summed E-state index contributed by atoms with van der Waals surface area (Å²) >= 11 is 9.62. The molecule has 5 rings (SSSR count). The number of carbonyl (C=O) groups excluding carboxylic acids is 2. The van der Waals surface area contributed by atoms with Crippen molar-refractivity contribution in [2.45, 2.75) is 69.0 Å². The number of rotatable bonds is 12. The van der Waals surface area contributed by atoms with Crippen LogP contribution in [0.3, 0.4) is 0 Å². The molecule has 0 radical (unpaired) electrons. The van der Waals surface area contributed by atoms with Crippen molar-refractivity contribution >= 4 is 55.1 Å². The Kier molecular flexibility index (Phi) is 11.8. The number of hydrogen-bond donors (Lipinski definition) is 1. The predicted octanol–water partition coefficient (Wildman–Crippen LogP) is 7.70. The van der Waals surface area contributed by atoms with Gasteiger partial charge in [0, 0.05) is 28.5 Å². The Morgan fingerprint density at radius 2 is 1.53 bits per heavy atom. The third-order valence-electron chi connectivity index (χ3n) is 8.53.